The van der Waals surface area contributed by atoms with E-state index in [0.717, 1.165) is 31.1 Å². The fourth-order valence-corrected chi connectivity index (χ4v) is 2.95. The van der Waals surface area contributed by atoms with Crippen LogP contribution in [0.4, 0.5) is 0 Å². The van der Waals surface area contributed by atoms with E-state index < -0.39 is 0 Å². The monoisotopic (exact) mass is 197 g/mol. The zero-order chi connectivity index (χ0) is 9.97. The van der Waals surface area contributed by atoms with Crippen LogP contribution in [0.3, 0.4) is 0 Å². The summed E-state index contributed by atoms with van der Waals surface area (Å²) in [6.45, 7) is 6.66. The van der Waals surface area contributed by atoms with Gasteiger partial charge in [0.2, 0.25) is 0 Å². The van der Waals surface area contributed by atoms with Crippen LogP contribution in [0.1, 0.15) is 39.5 Å². The molecule has 1 aliphatic carbocycles. The minimum Gasteiger partial charge on any atom is -0.380 e. The quantitative estimate of drug-likeness (QED) is 0.732. The van der Waals surface area contributed by atoms with Crippen molar-refractivity contribution in [3.63, 3.8) is 0 Å². The van der Waals surface area contributed by atoms with Crippen LogP contribution in [-0.2, 0) is 4.74 Å². The number of hydrogen-bond acceptors (Lipinski definition) is 2. The third kappa shape index (κ3) is 2.29. The maximum Gasteiger partial charge on any atom is 0.0620 e. The summed E-state index contributed by atoms with van der Waals surface area (Å²) in [4.78, 5) is 0. The first kappa shape index (κ1) is 10.4. The predicted octanol–water partition coefficient (Wildman–Crippen LogP) is 2.19. The Morgan fingerprint density at radius 3 is 2.36 bits per heavy atom. The first-order chi connectivity index (χ1) is 6.77. The van der Waals surface area contributed by atoms with Crippen LogP contribution in [-0.4, -0.2) is 25.3 Å². The van der Waals surface area contributed by atoms with Crippen molar-refractivity contribution in [2.75, 3.05) is 13.2 Å². The Labute approximate surface area is 87.4 Å². The SMILES string of the molecule is CC1CCCC(C)C1NC1CCOC1. The van der Waals surface area contributed by atoms with E-state index in [1.165, 1.54) is 25.7 Å². The van der Waals surface area contributed by atoms with Gasteiger partial charge in [-0.25, -0.2) is 0 Å². The standard InChI is InChI=1S/C12H23NO/c1-9-4-3-5-10(2)12(9)13-11-6-7-14-8-11/h9-13H,3-8H2,1-2H3. The lowest BCUT2D eigenvalue weighted by Crippen LogP contribution is -2.47. The predicted molar refractivity (Wildman–Crippen MR) is 58.3 cm³/mol. The molecule has 3 unspecified atom stereocenters. The summed E-state index contributed by atoms with van der Waals surface area (Å²) in [6, 6.07) is 1.36. The molecule has 0 amide bonds. The van der Waals surface area contributed by atoms with Crippen LogP contribution in [0.15, 0.2) is 0 Å². The van der Waals surface area contributed by atoms with E-state index in [0.29, 0.717) is 6.04 Å². The third-order valence-electron chi connectivity index (χ3n) is 3.90. The zero-order valence-electron chi connectivity index (χ0n) is 9.46. The molecule has 1 saturated heterocycles. The maximum atomic E-state index is 5.41. The molecule has 1 heterocycles. The van der Waals surface area contributed by atoms with E-state index in [1.807, 2.05) is 0 Å². The van der Waals surface area contributed by atoms with Crippen LogP contribution in [0, 0.1) is 11.8 Å². The molecule has 2 fully saturated rings. The normalized spacial score (nSPS) is 44.1. The van der Waals surface area contributed by atoms with Gasteiger partial charge in [-0.2, -0.15) is 0 Å². The van der Waals surface area contributed by atoms with Gasteiger partial charge in [0.1, 0.15) is 0 Å². The molecule has 3 atom stereocenters. The smallest absolute Gasteiger partial charge is 0.0620 e. The minimum atomic E-state index is 0.628. The van der Waals surface area contributed by atoms with E-state index in [4.69, 9.17) is 4.74 Å². The molecule has 14 heavy (non-hydrogen) atoms. The van der Waals surface area contributed by atoms with Crippen molar-refractivity contribution in [2.24, 2.45) is 11.8 Å². The van der Waals surface area contributed by atoms with Crippen molar-refractivity contribution in [2.45, 2.75) is 51.6 Å². The molecule has 2 rings (SSSR count). The van der Waals surface area contributed by atoms with E-state index in [2.05, 4.69) is 19.2 Å². The fraction of sp³-hybridized carbons (Fsp3) is 1.00. The Hall–Kier alpha value is -0.0800. The molecule has 0 spiro atoms. The highest BCUT2D eigenvalue weighted by atomic mass is 16.5. The van der Waals surface area contributed by atoms with Crippen molar-refractivity contribution in [3.8, 4) is 0 Å². The highest BCUT2D eigenvalue weighted by molar-refractivity contribution is 4.87. The average molecular weight is 197 g/mol. The van der Waals surface area contributed by atoms with Crippen LogP contribution >= 0.6 is 0 Å². The molecular weight excluding hydrogens is 174 g/mol. The second-order valence-corrected chi connectivity index (χ2v) is 5.14. The number of nitrogens with one attached hydrogen (secondary N) is 1. The van der Waals surface area contributed by atoms with Crippen LogP contribution in [0.25, 0.3) is 0 Å². The summed E-state index contributed by atoms with van der Waals surface area (Å²) >= 11 is 0. The molecule has 0 aromatic carbocycles. The molecule has 2 aliphatic rings. The highest BCUT2D eigenvalue weighted by Gasteiger charge is 2.30. The van der Waals surface area contributed by atoms with Crippen molar-refractivity contribution in [3.05, 3.63) is 0 Å². The summed E-state index contributed by atoms with van der Waals surface area (Å²) in [6.07, 6.45) is 5.42. The highest BCUT2D eigenvalue weighted by Crippen LogP contribution is 2.29. The molecular formula is C12H23NO. The van der Waals surface area contributed by atoms with Gasteiger partial charge >= 0.3 is 0 Å². The average Bonchev–Trinajstić information content (AvgIpc) is 2.64. The number of rotatable bonds is 2. The summed E-state index contributed by atoms with van der Waals surface area (Å²) in [5.41, 5.74) is 0. The second-order valence-electron chi connectivity index (χ2n) is 5.14. The second kappa shape index (κ2) is 4.63. The van der Waals surface area contributed by atoms with Gasteiger partial charge in [-0.15, -0.1) is 0 Å². The van der Waals surface area contributed by atoms with Crippen molar-refractivity contribution < 1.29 is 4.74 Å². The molecule has 0 aromatic rings. The molecule has 0 radical (unpaired) electrons. The van der Waals surface area contributed by atoms with Gasteiger partial charge in [0, 0.05) is 18.7 Å². The first-order valence-corrected chi connectivity index (χ1v) is 6.11. The topological polar surface area (TPSA) is 21.3 Å². The van der Waals surface area contributed by atoms with E-state index in [9.17, 15) is 0 Å². The lowest BCUT2D eigenvalue weighted by Gasteiger charge is -2.37. The molecule has 0 aromatic heterocycles. The molecule has 1 saturated carbocycles. The lowest BCUT2D eigenvalue weighted by molar-refractivity contribution is 0.164. The molecule has 1 aliphatic heterocycles. The van der Waals surface area contributed by atoms with Gasteiger partial charge in [0.15, 0.2) is 0 Å². The first-order valence-electron chi connectivity index (χ1n) is 6.11. The Bertz CT molecular complexity index is 167. The number of hydrogen-bond donors (Lipinski definition) is 1. The molecule has 82 valence electrons. The Balaban J connectivity index is 1.86. The molecule has 2 heteroatoms. The van der Waals surface area contributed by atoms with Crippen molar-refractivity contribution in [1.82, 2.24) is 5.32 Å². The summed E-state index contributed by atoms with van der Waals surface area (Å²) < 4.78 is 5.41. The van der Waals surface area contributed by atoms with E-state index in [1.54, 1.807) is 0 Å². The number of ether oxygens (including phenoxy) is 1. The van der Waals surface area contributed by atoms with E-state index in [-0.39, 0.29) is 0 Å². The molecule has 0 bridgehead atoms. The maximum absolute atomic E-state index is 5.41. The van der Waals surface area contributed by atoms with Crippen LogP contribution in [0.5, 0.6) is 0 Å². The van der Waals surface area contributed by atoms with Gasteiger partial charge in [0.25, 0.3) is 0 Å². The Morgan fingerprint density at radius 2 is 1.79 bits per heavy atom. The Morgan fingerprint density at radius 1 is 1.07 bits per heavy atom. The zero-order valence-corrected chi connectivity index (χ0v) is 9.46. The fourth-order valence-electron chi connectivity index (χ4n) is 2.95. The Kier molecular flexibility index (Phi) is 3.45. The lowest BCUT2D eigenvalue weighted by atomic mass is 9.78. The van der Waals surface area contributed by atoms with Gasteiger partial charge in [-0.05, 0) is 31.1 Å². The van der Waals surface area contributed by atoms with Crippen molar-refractivity contribution in [1.29, 1.82) is 0 Å². The van der Waals surface area contributed by atoms with Gasteiger partial charge in [0.05, 0.1) is 6.61 Å². The summed E-state index contributed by atoms with van der Waals surface area (Å²) in [5.74, 6) is 1.69. The minimum absolute atomic E-state index is 0.628. The van der Waals surface area contributed by atoms with Crippen LogP contribution < -0.4 is 5.32 Å². The molecule has 2 nitrogen and oxygen atoms in total. The van der Waals surface area contributed by atoms with Gasteiger partial charge < -0.3 is 10.1 Å². The van der Waals surface area contributed by atoms with E-state index >= 15 is 0 Å². The van der Waals surface area contributed by atoms with Crippen LogP contribution in [0.2, 0.25) is 0 Å². The summed E-state index contributed by atoms with van der Waals surface area (Å²) in [5, 5.41) is 3.79. The third-order valence-corrected chi connectivity index (χ3v) is 3.90. The van der Waals surface area contributed by atoms with Gasteiger partial charge in [-0.1, -0.05) is 20.3 Å². The molecule has 1 N–H and O–H groups in total. The largest absolute Gasteiger partial charge is 0.380 e. The van der Waals surface area contributed by atoms with Crippen molar-refractivity contribution >= 4 is 0 Å². The van der Waals surface area contributed by atoms with Gasteiger partial charge in [-0.3, -0.25) is 0 Å². The summed E-state index contributed by atoms with van der Waals surface area (Å²) in [7, 11) is 0.